The zero-order chi connectivity index (χ0) is 19.7. The number of hydrogen-bond acceptors (Lipinski definition) is 4. The van der Waals surface area contributed by atoms with Crippen LogP contribution in [0.5, 0.6) is 11.5 Å². The third kappa shape index (κ3) is 3.44. The molecule has 0 aliphatic carbocycles. The van der Waals surface area contributed by atoms with Gasteiger partial charge in [0.25, 0.3) is 0 Å². The number of fused-ring (bicyclic) bond motifs is 1. The summed E-state index contributed by atoms with van der Waals surface area (Å²) in [6.07, 6.45) is 0. The van der Waals surface area contributed by atoms with Gasteiger partial charge in [0.2, 0.25) is 0 Å². The minimum atomic E-state index is -0.408. The molecule has 0 radical (unpaired) electrons. The highest BCUT2D eigenvalue weighted by atomic mass is 19.1. The largest absolute Gasteiger partial charge is 0.508 e. The molecular weight excluding hydrogens is 359 g/mol. The molecule has 1 heterocycles. The minimum absolute atomic E-state index is 0.0170. The summed E-state index contributed by atoms with van der Waals surface area (Å²) >= 11 is 0. The molecule has 5 heteroatoms. The normalized spacial score (nSPS) is 10.5. The van der Waals surface area contributed by atoms with Crippen LogP contribution in [0.3, 0.4) is 0 Å². The summed E-state index contributed by atoms with van der Waals surface area (Å²) in [6, 6.07) is 16.6. The van der Waals surface area contributed by atoms with Crippen molar-refractivity contribution in [3.63, 3.8) is 0 Å². The summed E-state index contributed by atoms with van der Waals surface area (Å²) in [6.45, 7) is 0. The SMILES string of the molecule is O=c1cc(-c2ccc(C#Cc3ccc(F)cc3)cc2)oc2cc(O)cc(O)c12. The molecule has 0 fully saturated rings. The number of phenolic OH excluding ortho intramolecular Hbond substituents is 2. The summed E-state index contributed by atoms with van der Waals surface area (Å²) in [5.41, 5.74) is 1.78. The van der Waals surface area contributed by atoms with E-state index in [1.165, 1.54) is 24.3 Å². The van der Waals surface area contributed by atoms with Crippen LogP contribution in [-0.4, -0.2) is 10.2 Å². The van der Waals surface area contributed by atoms with Crippen LogP contribution in [0.15, 0.2) is 75.9 Å². The van der Waals surface area contributed by atoms with Crippen LogP contribution in [0, 0.1) is 17.7 Å². The average Bonchev–Trinajstić information content (AvgIpc) is 2.67. The Morgan fingerprint density at radius 1 is 0.821 bits per heavy atom. The van der Waals surface area contributed by atoms with Crippen LogP contribution in [0.1, 0.15) is 11.1 Å². The third-order valence-electron chi connectivity index (χ3n) is 4.16. The summed E-state index contributed by atoms with van der Waals surface area (Å²) in [4.78, 5) is 12.3. The highest BCUT2D eigenvalue weighted by Gasteiger charge is 2.12. The Morgan fingerprint density at radius 3 is 2.07 bits per heavy atom. The maximum Gasteiger partial charge on any atom is 0.197 e. The predicted molar refractivity (Wildman–Crippen MR) is 104 cm³/mol. The molecule has 4 aromatic rings. The first-order chi connectivity index (χ1) is 13.5. The Labute approximate surface area is 159 Å². The lowest BCUT2D eigenvalue weighted by Crippen LogP contribution is -2.00. The van der Waals surface area contributed by atoms with E-state index in [9.17, 15) is 19.4 Å². The van der Waals surface area contributed by atoms with Gasteiger partial charge in [-0.1, -0.05) is 11.8 Å². The van der Waals surface area contributed by atoms with Gasteiger partial charge in [-0.15, -0.1) is 0 Å². The van der Waals surface area contributed by atoms with Gasteiger partial charge in [0.1, 0.15) is 34.0 Å². The fraction of sp³-hybridized carbons (Fsp3) is 0. The van der Waals surface area contributed by atoms with Crippen molar-refractivity contribution < 1.29 is 19.0 Å². The lowest BCUT2D eigenvalue weighted by molar-refractivity contribution is 0.452. The molecule has 136 valence electrons. The highest BCUT2D eigenvalue weighted by Crippen LogP contribution is 2.30. The molecule has 0 unspecified atom stereocenters. The van der Waals surface area contributed by atoms with Crippen LogP contribution in [-0.2, 0) is 0 Å². The fourth-order valence-electron chi connectivity index (χ4n) is 2.79. The molecule has 0 saturated heterocycles. The van der Waals surface area contributed by atoms with E-state index in [1.807, 2.05) is 0 Å². The van der Waals surface area contributed by atoms with E-state index in [2.05, 4.69) is 11.8 Å². The monoisotopic (exact) mass is 372 g/mol. The molecule has 0 atom stereocenters. The second-order valence-electron chi connectivity index (χ2n) is 6.15. The first-order valence-electron chi connectivity index (χ1n) is 8.37. The second-order valence-corrected chi connectivity index (χ2v) is 6.15. The molecular formula is C23H13FO4. The van der Waals surface area contributed by atoms with E-state index in [0.29, 0.717) is 16.9 Å². The molecule has 0 amide bonds. The van der Waals surface area contributed by atoms with Crippen LogP contribution < -0.4 is 5.43 Å². The Hall–Kier alpha value is -4.04. The van der Waals surface area contributed by atoms with E-state index in [4.69, 9.17) is 4.42 Å². The Bertz CT molecular complexity index is 1290. The maximum absolute atomic E-state index is 12.9. The molecule has 0 saturated carbocycles. The van der Waals surface area contributed by atoms with Gasteiger partial charge in [0.15, 0.2) is 5.43 Å². The zero-order valence-electron chi connectivity index (χ0n) is 14.4. The van der Waals surface area contributed by atoms with Gasteiger partial charge in [0.05, 0.1) is 0 Å². The van der Waals surface area contributed by atoms with E-state index in [1.54, 1.807) is 36.4 Å². The molecule has 0 bridgehead atoms. The molecule has 1 aromatic heterocycles. The molecule has 2 N–H and O–H groups in total. The van der Waals surface area contributed by atoms with Gasteiger partial charge in [0, 0.05) is 34.9 Å². The molecule has 4 rings (SSSR count). The minimum Gasteiger partial charge on any atom is -0.508 e. The van der Waals surface area contributed by atoms with Crippen molar-refractivity contribution in [2.45, 2.75) is 0 Å². The topological polar surface area (TPSA) is 70.7 Å². The van der Waals surface area contributed by atoms with Crippen LogP contribution >= 0.6 is 0 Å². The summed E-state index contributed by atoms with van der Waals surface area (Å²) in [5, 5.41) is 19.5. The van der Waals surface area contributed by atoms with E-state index >= 15 is 0 Å². The van der Waals surface area contributed by atoms with Crippen LogP contribution in [0.4, 0.5) is 4.39 Å². The number of benzene rings is 3. The first-order valence-corrected chi connectivity index (χ1v) is 8.37. The lowest BCUT2D eigenvalue weighted by atomic mass is 10.1. The first kappa shape index (κ1) is 17.4. The fourth-order valence-corrected chi connectivity index (χ4v) is 2.79. The van der Waals surface area contributed by atoms with Gasteiger partial charge >= 0.3 is 0 Å². The summed E-state index contributed by atoms with van der Waals surface area (Å²) in [5.74, 6) is 5.40. The van der Waals surface area contributed by atoms with Crippen molar-refractivity contribution in [1.82, 2.24) is 0 Å². The number of halogens is 1. The van der Waals surface area contributed by atoms with Gasteiger partial charge in [-0.2, -0.15) is 0 Å². The van der Waals surface area contributed by atoms with E-state index in [-0.39, 0.29) is 28.3 Å². The van der Waals surface area contributed by atoms with Gasteiger partial charge < -0.3 is 14.6 Å². The molecule has 0 aliphatic heterocycles. The Balaban J connectivity index is 1.68. The second kappa shape index (κ2) is 6.93. The van der Waals surface area contributed by atoms with Gasteiger partial charge in [-0.25, -0.2) is 4.39 Å². The smallest absolute Gasteiger partial charge is 0.197 e. The number of rotatable bonds is 1. The highest BCUT2D eigenvalue weighted by molar-refractivity contribution is 5.86. The number of aromatic hydroxyl groups is 2. The Kier molecular flexibility index (Phi) is 4.30. The summed E-state index contributed by atoms with van der Waals surface area (Å²) in [7, 11) is 0. The van der Waals surface area contributed by atoms with Crippen molar-refractivity contribution in [3.05, 3.63) is 93.9 Å². The lowest BCUT2D eigenvalue weighted by Gasteiger charge is -2.05. The quantitative estimate of drug-likeness (QED) is 0.486. The third-order valence-corrected chi connectivity index (χ3v) is 4.16. The Morgan fingerprint density at radius 2 is 1.43 bits per heavy atom. The molecule has 0 aliphatic rings. The molecule has 28 heavy (non-hydrogen) atoms. The predicted octanol–water partition coefficient (Wildman–Crippen LogP) is 4.41. The van der Waals surface area contributed by atoms with Crippen molar-refractivity contribution in [3.8, 4) is 34.7 Å². The van der Waals surface area contributed by atoms with Crippen LogP contribution in [0.25, 0.3) is 22.3 Å². The van der Waals surface area contributed by atoms with E-state index < -0.39 is 5.43 Å². The number of hydrogen-bond donors (Lipinski definition) is 2. The molecule has 0 spiro atoms. The van der Waals surface area contributed by atoms with Crippen molar-refractivity contribution >= 4 is 11.0 Å². The number of phenols is 2. The van der Waals surface area contributed by atoms with Crippen molar-refractivity contribution in [2.75, 3.05) is 0 Å². The van der Waals surface area contributed by atoms with E-state index in [0.717, 1.165) is 11.6 Å². The van der Waals surface area contributed by atoms with Crippen molar-refractivity contribution in [1.29, 1.82) is 0 Å². The molecule has 3 aromatic carbocycles. The van der Waals surface area contributed by atoms with Crippen molar-refractivity contribution in [2.24, 2.45) is 0 Å². The van der Waals surface area contributed by atoms with Crippen LogP contribution in [0.2, 0.25) is 0 Å². The van der Waals surface area contributed by atoms with Gasteiger partial charge in [-0.05, 0) is 48.5 Å². The zero-order valence-corrected chi connectivity index (χ0v) is 14.4. The van der Waals surface area contributed by atoms with Gasteiger partial charge in [-0.3, -0.25) is 4.79 Å². The summed E-state index contributed by atoms with van der Waals surface area (Å²) < 4.78 is 18.6. The molecule has 4 nitrogen and oxygen atoms in total. The average molecular weight is 372 g/mol. The standard InChI is InChI=1S/C23H13FO4/c24-17-9-5-15(6-10-17)2-1-14-3-7-16(8-4-14)21-13-20(27)23-19(26)11-18(25)12-22(23)28-21/h3-13,25-26H. The maximum atomic E-state index is 12.9.